The van der Waals surface area contributed by atoms with Gasteiger partial charge >= 0.3 is 11.3 Å². The van der Waals surface area contributed by atoms with E-state index in [0.29, 0.717) is 17.8 Å². The molecule has 2 heterocycles. The molecule has 0 saturated carbocycles. The second-order valence-corrected chi connectivity index (χ2v) is 4.08. The van der Waals surface area contributed by atoms with Crippen molar-refractivity contribution in [2.45, 2.75) is 19.9 Å². The van der Waals surface area contributed by atoms with Crippen molar-refractivity contribution in [3.8, 4) is 0 Å². The average Bonchev–Trinajstić information content (AvgIpc) is 2.66. The van der Waals surface area contributed by atoms with Crippen LogP contribution in [0.4, 0.5) is 0 Å². The molecule has 0 aliphatic rings. The van der Waals surface area contributed by atoms with E-state index in [1.807, 2.05) is 35.8 Å². The van der Waals surface area contributed by atoms with E-state index in [9.17, 15) is 9.59 Å². The van der Waals surface area contributed by atoms with E-state index in [2.05, 4.69) is 0 Å². The zero-order valence-corrected chi connectivity index (χ0v) is 9.80. The molecule has 5 nitrogen and oxygen atoms in total. The van der Waals surface area contributed by atoms with E-state index >= 15 is 0 Å². The number of aromatic nitrogens is 1. The molecule has 3 aromatic rings. The lowest BCUT2D eigenvalue weighted by atomic mass is 10.2. The van der Waals surface area contributed by atoms with Crippen molar-refractivity contribution >= 4 is 22.2 Å². The summed E-state index contributed by atoms with van der Waals surface area (Å²) in [5, 5.41) is 0.779. The van der Waals surface area contributed by atoms with Crippen LogP contribution < -0.4 is 11.3 Å². The Labute approximate surface area is 101 Å². The van der Waals surface area contributed by atoms with Crippen LogP contribution in [0.2, 0.25) is 0 Å². The summed E-state index contributed by atoms with van der Waals surface area (Å²) in [6.45, 7) is 2.72. The van der Waals surface area contributed by atoms with E-state index in [4.69, 9.17) is 8.83 Å². The van der Waals surface area contributed by atoms with Crippen molar-refractivity contribution in [3.63, 3.8) is 0 Å². The van der Waals surface area contributed by atoms with Gasteiger partial charge in [0.15, 0.2) is 0 Å². The summed E-state index contributed by atoms with van der Waals surface area (Å²) in [6.07, 6.45) is 0.886. The standard InChI is InChI=1S/C13H11NO4/c1-2-7-14-9-6-4-3-5-8(9)10-11(14)18-13(16)12(15)17-10/h3-6H,2,7H2,1H3. The summed E-state index contributed by atoms with van der Waals surface area (Å²) in [5.74, 6) is 0. The Bertz CT molecular complexity index is 837. The average molecular weight is 245 g/mol. The first-order chi connectivity index (χ1) is 8.72. The van der Waals surface area contributed by atoms with Crippen LogP contribution in [0.25, 0.3) is 22.2 Å². The molecule has 0 amide bonds. The van der Waals surface area contributed by atoms with Gasteiger partial charge in [0, 0.05) is 11.9 Å². The molecule has 0 bridgehead atoms. The van der Waals surface area contributed by atoms with Crippen molar-refractivity contribution in [2.75, 3.05) is 0 Å². The van der Waals surface area contributed by atoms with Gasteiger partial charge in [0.25, 0.3) is 0 Å². The first kappa shape index (κ1) is 10.8. The highest BCUT2D eigenvalue weighted by molar-refractivity contribution is 6.02. The quantitative estimate of drug-likeness (QED) is 0.648. The van der Waals surface area contributed by atoms with E-state index in [-0.39, 0.29) is 0 Å². The van der Waals surface area contributed by atoms with E-state index < -0.39 is 11.3 Å². The molecular weight excluding hydrogens is 234 g/mol. The molecule has 1 aromatic carbocycles. The van der Waals surface area contributed by atoms with Crippen LogP contribution in [0, 0.1) is 0 Å². The highest BCUT2D eigenvalue weighted by atomic mass is 16.5. The van der Waals surface area contributed by atoms with Gasteiger partial charge in [-0.25, -0.2) is 9.59 Å². The van der Waals surface area contributed by atoms with Crippen LogP contribution in [0.3, 0.4) is 0 Å². The normalized spacial score (nSPS) is 11.4. The van der Waals surface area contributed by atoms with Crippen LogP contribution in [-0.2, 0) is 6.54 Å². The number of hydrogen-bond donors (Lipinski definition) is 0. The molecule has 0 spiro atoms. The largest absolute Gasteiger partial charge is 0.424 e. The molecule has 0 atom stereocenters. The van der Waals surface area contributed by atoms with Crippen LogP contribution in [0.15, 0.2) is 42.7 Å². The van der Waals surface area contributed by atoms with Crippen molar-refractivity contribution in [1.29, 1.82) is 0 Å². The lowest BCUT2D eigenvalue weighted by Crippen LogP contribution is -2.21. The van der Waals surface area contributed by atoms with Crippen LogP contribution in [-0.4, -0.2) is 4.57 Å². The Balaban J connectivity index is 2.58. The maximum atomic E-state index is 11.3. The zero-order chi connectivity index (χ0) is 12.7. The van der Waals surface area contributed by atoms with Gasteiger partial charge in [0.05, 0.1) is 5.52 Å². The molecule has 0 saturated heterocycles. The predicted octanol–water partition coefficient (Wildman–Crippen LogP) is 2.11. The molecule has 0 aliphatic heterocycles. The minimum atomic E-state index is -0.970. The smallest absolute Gasteiger partial charge is 0.412 e. The number of hydrogen-bond acceptors (Lipinski definition) is 4. The third-order valence-electron chi connectivity index (χ3n) is 2.88. The van der Waals surface area contributed by atoms with Crippen LogP contribution in [0.1, 0.15) is 13.3 Å². The maximum absolute atomic E-state index is 11.3. The second kappa shape index (κ2) is 3.87. The highest BCUT2D eigenvalue weighted by Crippen LogP contribution is 2.27. The molecule has 18 heavy (non-hydrogen) atoms. The molecule has 5 heteroatoms. The highest BCUT2D eigenvalue weighted by Gasteiger charge is 2.16. The number of aryl methyl sites for hydroxylation is 1. The zero-order valence-electron chi connectivity index (χ0n) is 9.80. The van der Waals surface area contributed by atoms with Crippen molar-refractivity contribution in [1.82, 2.24) is 4.57 Å². The SMILES string of the molecule is CCCn1c2ccccc2c2oc(=O)c(=O)oc21. The maximum Gasteiger partial charge on any atom is 0.424 e. The number of rotatable bonds is 2. The number of para-hydroxylation sites is 1. The van der Waals surface area contributed by atoms with Crippen molar-refractivity contribution in [2.24, 2.45) is 0 Å². The number of benzene rings is 1. The van der Waals surface area contributed by atoms with Gasteiger partial charge in [0.2, 0.25) is 11.3 Å². The Kier molecular flexibility index (Phi) is 2.33. The molecule has 3 rings (SSSR count). The number of nitrogens with zero attached hydrogens (tertiary/aromatic N) is 1. The Morgan fingerprint density at radius 1 is 1.11 bits per heavy atom. The summed E-state index contributed by atoms with van der Waals surface area (Å²) >= 11 is 0. The predicted molar refractivity (Wildman–Crippen MR) is 66.8 cm³/mol. The van der Waals surface area contributed by atoms with Gasteiger partial charge in [-0.05, 0) is 18.6 Å². The summed E-state index contributed by atoms with van der Waals surface area (Å²) in [4.78, 5) is 22.5. The van der Waals surface area contributed by atoms with E-state index in [1.165, 1.54) is 0 Å². The summed E-state index contributed by atoms with van der Waals surface area (Å²) in [7, 11) is 0. The summed E-state index contributed by atoms with van der Waals surface area (Å²) < 4.78 is 12.0. The van der Waals surface area contributed by atoms with Crippen molar-refractivity contribution in [3.05, 3.63) is 45.1 Å². The monoisotopic (exact) mass is 245 g/mol. The van der Waals surface area contributed by atoms with E-state index in [0.717, 1.165) is 17.3 Å². The topological polar surface area (TPSA) is 65.3 Å². The summed E-state index contributed by atoms with van der Waals surface area (Å²) in [6, 6.07) is 7.49. The fraction of sp³-hybridized carbons (Fsp3) is 0.231. The third kappa shape index (κ3) is 1.40. The third-order valence-corrected chi connectivity index (χ3v) is 2.88. The van der Waals surface area contributed by atoms with Crippen LogP contribution >= 0.6 is 0 Å². The first-order valence-corrected chi connectivity index (χ1v) is 5.77. The van der Waals surface area contributed by atoms with Crippen molar-refractivity contribution < 1.29 is 8.83 Å². The lowest BCUT2D eigenvalue weighted by Gasteiger charge is -2.01. The second-order valence-electron chi connectivity index (χ2n) is 4.08. The van der Waals surface area contributed by atoms with Gasteiger partial charge in [-0.2, -0.15) is 0 Å². The van der Waals surface area contributed by atoms with Gasteiger partial charge in [-0.15, -0.1) is 0 Å². The summed E-state index contributed by atoms with van der Waals surface area (Å²) in [5.41, 5.74) is -0.386. The van der Waals surface area contributed by atoms with Gasteiger partial charge < -0.3 is 13.4 Å². The molecule has 2 aromatic heterocycles. The molecule has 92 valence electrons. The Morgan fingerprint density at radius 2 is 1.83 bits per heavy atom. The number of fused-ring (bicyclic) bond motifs is 3. The molecule has 0 radical (unpaired) electrons. The Hall–Kier alpha value is -2.30. The minimum Gasteiger partial charge on any atom is -0.412 e. The Morgan fingerprint density at radius 3 is 2.61 bits per heavy atom. The fourth-order valence-corrected chi connectivity index (χ4v) is 2.16. The fourth-order valence-electron chi connectivity index (χ4n) is 2.16. The minimum absolute atomic E-state index is 0.322. The van der Waals surface area contributed by atoms with Gasteiger partial charge in [0.1, 0.15) is 0 Å². The lowest BCUT2D eigenvalue weighted by molar-refractivity contribution is 0.435. The first-order valence-electron chi connectivity index (χ1n) is 5.77. The molecule has 0 unspecified atom stereocenters. The van der Waals surface area contributed by atoms with Gasteiger partial charge in [-0.3, -0.25) is 0 Å². The molecule has 0 fully saturated rings. The molecule has 0 N–H and O–H groups in total. The van der Waals surface area contributed by atoms with Crippen LogP contribution in [0.5, 0.6) is 0 Å². The molecule has 0 aliphatic carbocycles. The van der Waals surface area contributed by atoms with E-state index in [1.54, 1.807) is 0 Å². The molecular formula is C13H11NO4. The van der Waals surface area contributed by atoms with Gasteiger partial charge in [-0.1, -0.05) is 19.1 Å².